The second kappa shape index (κ2) is 6.81. The van der Waals surface area contributed by atoms with Crippen molar-refractivity contribution in [1.29, 1.82) is 0 Å². The van der Waals surface area contributed by atoms with Gasteiger partial charge in [0.15, 0.2) is 0 Å². The van der Waals surface area contributed by atoms with Crippen LogP contribution in [0.3, 0.4) is 0 Å². The first-order chi connectivity index (χ1) is 12.1. The number of aromatic nitrogens is 2. The minimum absolute atomic E-state index is 0.302. The molecule has 2 heterocycles. The number of nitrogens with zero attached hydrogens (tertiary/aromatic N) is 3. The Morgan fingerprint density at radius 1 is 1.04 bits per heavy atom. The average Bonchev–Trinajstić information content (AvgIpc) is 2.77. The molecule has 1 aliphatic carbocycles. The second-order valence-corrected chi connectivity index (χ2v) is 8.07. The van der Waals surface area contributed by atoms with Crippen LogP contribution in [0.25, 0.3) is 10.2 Å². The molecule has 0 spiro atoms. The summed E-state index contributed by atoms with van der Waals surface area (Å²) in [7, 11) is 4.08. The van der Waals surface area contributed by atoms with Crippen LogP contribution >= 0.6 is 22.9 Å². The second-order valence-electron chi connectivity index (χ2n) is 6.65. The first-order valence-corrected chi connectivity index (χ1v) is 9.83. The van der Waals surface area contributed by atoms with E-state index < -0.39 is 0 Å². The molecule has 3 aromatic rings. The molecule has 0 atom stereocenters. The highest BCUT2D eigenvalue weighted by Gasteiger charge is 2.20. The molecule has 4 nitrogen and oxygen atoms in total. The maximum atomic E-state index is 6.19. The minimum atomic E-state index is 0.302. The molecule has 1 aliphatic rings. The number of nitrogens with one attached hydrogen (secondary N) is 1. The molecular formula is C19H21ClN4S. The number of thiophene rings is 1. The zero-order valence-electron chi connectivity index (χ0n) is 14.5. The Hall–Kier alpha value is -1.85. The summed E-state index contributed by atoms with van der Waals surface area (Å²) in [4.78, 5) is 13.5. The maximum absolute atomic E-state index is 6.19. The lowest BCUT2D eigenvalue weighted by Gasteiger charge is -2.14. The Kier molecular flexibility index (Phi) is 4.52. The predicted molar refractivity (Wildman–Crippen MR) is 108 cm³/mol. The quantitative estimate of drug-likeness (QED) is 0.492. The molecule has 0 fully saturated rings. The number of hydrogen-bond donors (Lipinski definition) is 1. The van der Waals surface area contributed by atoms with Crippen molar-refractivity contribution in [3.8, 4) is 0 Å². The van der Waals surface area contributed by atoms with Crippen LogP contribution in [0.2, 0.25) is 5.28 Å². The van der Waals surface area contributed by atoms with Gasteiger partial charge in [-0.25, -0.2) is 4.98 Å². The van der Waals surface area contributed by atoms with Crippen molar-refractivity contribution < 1.29 is 0 Å². The Morgan fingerprint density at radius 3 is 2.56 bits per heavy atom. The molecule has 2 aromatic heterocycles. The van der Waals surface area contributed by atoms with Gasteiger partial charge in [-0.1, -0.05) is 6.42 Å². The van der Waals surface area contributed by atoms with Gasteiger partial charge in [0.25, 0.3) is 0 Å². The number of fused-ring (bicyclic) bond motifs is 3. The predicted octanol–water partition coefficient (Wildman–Crippen LogP) is 5.42. The maximum Gasteiger partial charge on any atom is 0.225 e. The Morgan fingerprint density at radius 2 is 1.80 bits per heavy atom. The van der Waals surface area contributed by atoms with E-state index in [2.05, 4.69) is 44.5 Å². The van der Waals surface area contributed by atoms with Crippen LogP contribution in [-0.2, 0) is 12.8 Å². The lowest BCUT2D eigenvalue weighted by atomic mass is 10.1. The lowest BCUT2D eigenvalue weighted by molar-refractivity contribution is 0.713. The first-order valence-electron chi connectivity index (χ1n) is 8.64. The van der Waals surface area contributed by atoms with E-state index in [0.717, 1.165) is 34.6 Å². The molecule has 1 N–H and O–H groups in total. The number of rotatable bonds is 3. The van der Waals surface area contributed by atoms with Crippen LogP contribution < -0.4 is 10.2 Å². The summed E-state index contributed by atoms with van der Waals surface area (Å²) >= 11 is 7.97. The molecule has 0 bridgehead atoms. The third kappa shape index (κ3) is 3.31. The van der Waals surface area contributed by atoms with Crippen LogP contribution in [0, 0.1) is 0 Å². The number of anilines is 3. The van der Waals surface area contributed by atoms with Gasteiger partial charge in [-0.3, -0.25) is 0 Å². The zero-order chi connectivity index (χ0) is 17.4. The van der Waals surface area contributed by atoms with Crippen LogP contribution in [-0.4, -0.2) is 24.1 Å². The molecular weight excluding hydrogens is 352 g/mol. The van der Waals surface area contributed by atoms with Crippen LogP contribution in [0.4, 0.5) is 17.2 Å². The lowest BCUT2D eigenvalue weighted by Crippen LogP contribution is -2.08. The summed E-state index contributed by atoms with van der Waals surface area (Å²) in [5.74, 6) is 0.826. The van der Waals surface area contributed by atoms with Crippen LogP contribution in [0.15, 0.2) is 24.3 Å². The van der Waals surface area contributed by atoms with Crippen molar-refractivity contribution in [1.82, 2.24) is 9.97 Å². The van der Waals surface area contributed by atoms with Crippen molar-refractivity contribution in [2.24, 2.45) is 0 Å². The molecule has 130 valence electrons. The van der Waals surface area contributed by atoms with Crippen LogP contribution in [0.5, 0.6) is 0 Å². The monoisotopic (exact) mass is 372 g/mol. The molecule has 0 saturated carbocycles. The summed E-state index contributed by atoms with van der Waals surface area (Å²) < 4.78 is 0. The van der Waals surface area contributed by atoms with E-state index in [-0.39, 0.29) is 0 Å². The van der Waals surface area contributed by atoms with E-state index in [4.69, 9.17) is 11.6 Å². The van der Waals surface area contributed by atoms with E-state index in [9.17, 15) is 0 Å². The molecule has 6 heteroatoms. The van der Waals surface area contributed by atoms with Gasteiger partial charge in [-0.15, -0.1) is 11.3 Å². The Bertz CT molecular complexity index is 902. The van der Waals surface area contributed by atoms with E-state index in [1.807, 2.05) is 14.1 Å². The van der Waals surface area contributed by atoms with E-state index >= 15 is 0 Å². The van der Waals surface area contributed by atoms with Crippen molar-refractivity contribution in [2.45, 2.75) is 32.1 Å². The molecule has 0 saturated heterocycles. The van der Waals surface area contributed by atoms with Gasteiger partial charge >= 0.3 is 0 Å². The van der Waals surface area contributed by atoms with E-state index in [0.29, 0.717) is 5.28 Å². The first kappa shape index (κ1) is 16.6. The van der Waals surface area contributed by atoms with Crippen molar-refractivity contribution >= 4 is 50.3 Å². The zero-order valence-corrected chi connectivity index (χ0v) is 16.0. The summed E-state index contributed by atoms with van der Waals surface area (Å²) in [6.45, 7) is 0. The summed E-state index contributed by atoms with van der Waals surface area (Å²) in [5, 5.41) is 4.92. The Labute approximate surface area is 156 Å². The number of benzene rings is 1. The third-order valence-electron chi connectivity index (χ3n) is 4.68. The topological polar surface area (TPSA) is 41.0 Å². The van der Waals surface area contributed by atoms with Gasteiger partial charge in [0.05, 0.1) is 5.39 Å². The van der Waals surface area contributed by atoms with Gasteiger partial charge in [0, 0.05) is 30.3 Å². The Balaban J connectivity index is 1.76. The van der Waals surface area contributed by atoms with E-state index in [1.165, 1.54) is 35.4 Å². The van der Waals surface area contributed by atoms with Gasteiger partial charge in [0.1, 0.15) is 10.6 Å². The number of aryl methyl sites for hydroxylation is 2. The summed E-state index contributed by atoms with van der Waals surface area (Å²) in [6, 6.07) is 8.33. The molecule has 1 aromatic carbocycles. The molecule has 0 unspecified atom stereocenters. The van der Waals surface area contributed by atoms with Gasteiger partial charge in [-0.05, 0) is 67.1 Å². The summed E-state index contributed by atoms with van der Waals surface area (Å²) in [5.41, 5.74) is 3.60. The average molecular weight is 373 g/mol. The highest BCUT2D eigenvalue weighted by Crippen LogP contribution is 2.39. The highest BCUT2D eigenvalue weighted by atomic mass is 35.5. The number of hydrogen-bond acceptors (Lipinski definition) is 5. The van der Waals surface area contributed by atoms with E-state index in [1.54, 1.807) is 11.3 Å². The van der Waals surface area contributed by atoms with Gasteiger partial charge < -0.3 is 10.2 Å². The van der Waals surface area contributed by atoms with Gasteiger partial charge in [0.2, 0.25) is 5.28 Å². The normalized spacial score (nSPS) is 14.2. The van der Waals surface area contributed by atoms with Crippen molar-refractivity contribution in [3.63, 3.8) is 0 Å². The fourth-order valence-electron chi connectivity index (χ4n) is 3.38. The molecule has 4 rings (SSSR count). The fourth-order valence-corrected chi connectivity index (χ4v) is 4.86. The van der Waals surface area contributed by atoms with Crippen molar-refractivity contribution in [3.05, 3.63) is 40.0 Å². The standard InChI is InChI=1S/C19H21ClN4S/c1-24(2)13-10-8-12(9-11-13)21-17-16-14-6-4-3-5-7-15(14)25-18(16)23-19(20)22-17/h8-11H,3-7H2,1-2H3,(H,21,22,23). The molecule has 25 heavy (non-hydrogen) atoms. The third-order valence-corrected chi connectivity index (χ3v) is 6.04. The highest BCUT2D eigenvalue weighted by molar-refractivity contribution is 7.19. The van der Waals surface area contributed by atoms with Gasteiger partial charge in [-0.2, -0.15) is 4.98 Å². The molecule has 0 radical (unpaired) electrons. The smallest absolute Gasteiger partial charge is 0.225 e. The molecule has 0 amide bonds. The van der Waals surface area contributed by atoms with Crippen molar-refractivity contribution in [2.75, 3.05) is 24.3 Å². The molecule has 0 aliphatic heterocycles. The largest absolute Gasteiger partial charge is 0.378 e. The fraction of sp³-hybridized carbons (Fsp3) is 0.368. The SMILES string of the molecule is CN(C)c1ccc(Nc2nc(Cl)nc3sc4c(c23)CCCCC4)cc1. The summed E-state index contributed by atoms with van der Waals surface area (Å²) in [6.07, 6.45) is 6.04. The van der Waals surface area contributed by atoms with Crippen LogP contribution in [0.1, 0.15) is 29.7 Å². The number of halogens is 1. The minimum Gasteiger partial charge on any atom is -0.378 e.